The van der Waals surface area contributed by atoms with Crippen molar-refractivity contribution >= 4 is 23.8 Å². The fraction of sp³-hybridized carbons (Fsp3) is 0.467. The molecule has 1 rings (SSSR count). The van der Waals surface area contributed by atoms with E-state index in [2.05, 4.69) is 10.6 Å². The fourth-order valence-corrected chi connectivity index (χ4v) is 2.36. The standard InChI is InChI=1S/C15H22N2O3S/c1-15(13(18)19,12-8-4-3-5-9-12)17-14(20)16-10-6-7-11-21-2/h3-5,8-9H,6-7,10-11H2,1-2H3,(H,18,19)(H2,16,17,20). The first-order valence-corrected chi connectivity index (χ1v) is 8.24. The van der Waals surface area contributed by atoms with Crippen molar-refractivity contribution in [3.8, 4) is 0 Å². The van der Waals surface area contributed by atoms with E-state index in [0.29, 0.717) is 12.1 Å². The van der Waals surface area contributed by atoms with Crippen LogP contribution in [-0.2, 0) is 10.3 Å². The lowest BCUT2D eigenvalue weighted by Gasteiger charge is -2.26. The largest absolute Gasteiger partial charge is 0.479 e. The predicted octanol–water partition coefficient (Wildman–Crippen LogP) is 2.43. The molecule has 21 heavy (non-hydrogen) atoms. The molecule has 0 radical (unpaired) electrons. The van der Waals surface area contributed by atoms with Crippen LogP contribution in [-0.4, -0.2) is 35.7 Å². The van der Waals surface area contributed by atoms with Gasteiger partial charge in [-0.25, -0.2) is 9.59 Å². The van der Waals surface area contributed by atoms with E-state index in [9.17, 15) is 14.7 Å². The van der Waals surface area contributed by atoms with E-state index in [1.54, 1.807) is 42.1 Å². The van der Waals surface area contributed by atoms with Gasteiger partial charge in [0, 0.05) is 6.54 Å². The van der Waals surface area contributed by atoms with Crippen molar-refractivity contribution in [3.63, 3.8) is 0 Å². The van der Waals surface area contributed by atoms with Crippen molar-refractivity contribution in [3.05, 3.63) is 35.9 Å². The van der Waals surface area contributed by atoms with Crippen molar-refractivity contribution < 1.29 is 14.7 Å². The number of carboxylic acids is 1. The van der Waals surface area contributed by atoms with Gasteiger partial charge >= 0.3 is 12.0 Å². The van der Waals surface area contributed by atoms with Gasteiger partial charge in [0.15, 0.2) is 5.54 Å². The van der Waals surface area contributed by atoms with Gasteiger partial charge in [-0.1, -0.05) is 30.3 Å². The zero-order valence-corrected chi connectivity index (χ0v) is 13.2. The van der Waals surface area contributed by atoms with Crippen LogP contribution in [0.3, 0.4) is 0 Å². The van der Waals surface area contributed by atoms with Crippen LogP contribution in [0.1, 0.15) is 25.3 Å². The van der Waals surface area contributed by atoms with Gasteiger partial charge in [0.1, 0.15) is 0 Å². The molecule has 1 aromatic carbocycles. The van der Waals surface area contributed by atoms with Gasteiger partial charge in [-0.15, -0.1) is 0 Å². The number of carbonyl (C=O) groups excluding carboxylic acids is 1. The summed E-state index contributed by atoms with van der Waals surface area (Å²) < 4.78 is 0. The summed E-state index contributed by atoms with van der Waals surface area (Å²) >= 11 is 1.77. The molecule has 2 amide bonds. The second-order valence-electron chi connectivity index (χ2n) is 4.88. The number of benzene rings is 1. The number of carboxylic acid groups (broad SMARTS) is 1. The van der Waals surface area contributed by atoms with Crippen LogP contribution < -0.4 is 10.6 Å². The Labute approximate surface area is 129 Å². The number of hydrogen-bond donors (Lipinski definition) is 3. The Bertz CT molecular complexity index is 467. The second kappa shape index (κ2) is 8.56. The summed E-state index contributed by atoms with van der Waals surface area (Å²) in [4.78, 5) is 23.4. The number of carbonyl (C=O) groups is 2. The van der Waals surface area contributed by atoms with E-state index >= 15 is 0 Å². The fourth-order valence-electron chi connectivity index (χ4n) is 1.87. The molecular formula is C15H22N2O3S. The Morgan fingerprint density at radius 3 is 2.48 bits per heavy atom. The Kier molecular flexibility index (Phi) is 7.08. The number of aliphatic carboxylic acids is 1. The van der Waals surface area contributed by atoms with Crippen LogP contribution in [0.15, 0.2) is 30.3 Å². The van der Waals surface area contributed by atoms with Crippen LogP contribution >= 0.6 is 11.8 Å². The maximum Gasteiger partial charge on any atom is 0.333 e. The second-order valence-corrected chi connectivity index (χ2v) is 5.86. The van der Waals surface area contributed by atoms with E-state index in [1.165, 1.54) is 6.92 Å². The maximum atomic E-state index is 11.9. The van der Waals surface area contributed by atoms with Crippen LogP contribution in [0, 0.1) is 0 Å². The van der Waals surface area contributed by atoms with Gasteiger partial charge in [-0.3, -0.25) is 0 Å². The Morgan fingerprint density at radius 1 is 1.24 bits per heavy atom. The third-order valence-corrected chi connectivity index (χ3v) is 3.90. The van der Waals surface area contributed by atoms with Crippen molar-refractivity contribution in [2.75, 3.05) is 18.6 Å². The lowest BCUT2D eigenvalue weighted by Crippen LogP contribution is -2.53. The number of amides is 2. The van der Waals surface area contributed by atoms with Gasteiger partial charge in [0.25, 0.3) is 0 Å². The minimum Gasteiger partial charge on any atom is -0.479 e. The minimum absolute atomic E-state index is 0.465. The third-order valence-electron chi connectivity index (χ3n) is 3.20. The molecule has 1 aromatic rings. The van der Waals surface area contributed by atoms with Crippen LogP contribution in [0.2, 0.25) is 0 Å². The monoisotopic (exact) mass is 310 g/mol. The Balaban J connectivity index is 2.59. The average Bonchev–Trinajstić information content (AvgIpc) is 2.47. The summed E-state index contributed by atoms with van der Waals surface area (Å²) in [6.45, 7) is 2.02. The minimum atomic E-state index is -1.44. The summed E-state index contributed by atoms with van der Waals surface area (Å²) in [6.07, 6.45) is 3.94. The molecule has 0 aliphatic rings. The van der Waals surface area contributed by atoms with Gasteiger partial charge in [-0.05, 0) is 37.3 Å². The number of unbranched alkanes of at least 4 members (excludes halogenated alkanes) is 1. The highest BCUT2D eigenvalue weighted by Gasteiger charge is 2.36. The van der Waals surface area contributed by atoms with Crippen molar-refractivity contribution in [2.45, 2.75) is 25.3 Å². The summed E-state index contributed by atoms with van der Waals surface area (Å²) in [7, 11) is 0. The summed E-state index contributed by atoms with van der Waals surface area (Å²) in [5.74, 6) is -0.0357. The highest BCUT2D eigenvalue weighted by Crippen LogP contribution is 2.20. The van der Waals surface area contributed by atoms with Gasteiger partial charge in [-0.2, -0.15) is 11.8 Å². The van der Waals surface area contributed by atoms with Gasteiger partial charge in [0.05, 0.1) is 0 Å². The lowest BCUT2D eigenvalue weighted by atomic mass is 9.92. The van der Waals surface area contributed by atoms with E-state index < -0.39 is 17.5 Å². The molecular weight excluding hydrogens is 288 g/mol. The van der Waals surface area contributed by atoms with E-state index in [4.69, 9.17) is 0 Å². The molecule has 0 aliphatic heterocycles. The van der Waals surface area contributed by atoms with Crippen LogP contribution in [0.5, 0.6) is 0 Å². The zero-order chi connectivity index (χ0) is 15.7. The number of thioether (sulfide) groups is 1. The number of hydrogen-bond acceptors (Lipinski definition) is 3. The maximum absolute atomic E-state index is 11.9. The van der Waals surface area contributed by atoms with Crippen LogP contribution in [0.25, 0.3) is 0 Å². The molecule has 0 spiro atoms. The highest BCUT2D eigenvalue weighted by molar-refractivity contribution is 7.98. The molecule has 0 fully saturated rings. The molecule has 0 saturated carbocycles. The highest BCUT2D eigenvalue weighted by atomic mass is 32.2. The normalized spacial score (nSPS) is 13.2. The van der Waals surface area contributed by atoms with Crippen molar-refractivity contribution in [2.24, 2.45) is 0 Å². The molecule has 1 unspecified atom stereocenters. The number of urea groups is 1. The van der Waals surface area contributed by atoms with Crippen molar-refractivity contribution in [1.29, 1.82) is 0 Å². The molecule has 3 N–H and O–H groups in total. The SMILES string of the molecule is CSCCCCNC(=O)NC(C)(C(=O)O)c1ccccc1. The number of nitrogens with one attached hydrogen (secondary N) is 2. The lowest BCUT2D eigenvalue weighted by molar-refractivity contribution is -0.144. The first kappa shape index (κ1) is 17.4. The van der Waals surface area contributed by atoms with Crippen molar-refractivity contribution in [1.82, 2.24) is 10.6 Å². The quantitative estimate of drug-likeness (QED) is 0.644. The first-order chi connectivity index (χ1) is 10.0. The first-order valence-electron chi connectivity index (χ1n) is 6.84. The molecule has 5 nitrogen and oxygen atoms in total. The Hall–Kier alpha value is -1.69. The third kappa shape index (κ3) is 5.30. The molecule has 0 saturated heterocycles. The summed E-state index contributed by atoms with van der Waals surface area (Å²) in [5.41, 5.74) is -0.903. The molecule has 6 heteroatoms. The topological polar surface area (TPSA) is 78.4 Å². The summed E-state index contributed by atoms with van der Waals surface area (Å²) in [6, 6.07) is 8.21. The summed E-state index contributed by atoms with van der Waals surface area (Å²) in [5, 5.41) is 14.7. The van der Waals surface area contributed by atoms with E-state index in [0.717, 1.165) is 18.6 Å². The zero-order valence-electron chi connectivity index (χ0n) is 12.4. The molecule has 0 aliphatic carbocycles. The van der Waals surface area contributed by atoms with E-state index in [1.807, 2.05) is 6.26 Å². The molecule has 0 heterocycles. The molecule has 0 aromatic heterocycles. The van der Waals surface area contributed by atoms with E-state index in [-0.39, 0.29) is 0 Å². The Morgan fingerprint density at radius 2 is 1.90 bits per heavy atom. The van der Waals surface area contributed by atoms with Gasteiger partial charge < -0.3 is 15.7 Å². The molecule has 0 bridgehead atoms. The predicted molar refractivity (Wildman–Crippen MR) is 85.6 cm³/mol. The molecule has 1 atom stereocenters. The smallest absolute Gasteiger partial charge is 0.333 e. The molecule has 116 valence electrons. The number of rotatable bonds is 8. The van der Waals surface area contributed by atoms with Gasteiger partial charge in [0.2, 0.25) is 0 Å². The average molecular weight is 310 g/mol. The van der Waals surface area contributed by atoms with Crippen LogP contribution in [0.4, 0.5) is 4.79 Å².